The van der Waals surface area contributed by atoms with Crippen LogP contribution in [0.2, 0.25) is 0 Å². The minimum atomic E-state index is -3.93. The van der Waals surface area contributed by atoms with Gasteiger partial charge in [-0.2, -0.15) is 5.10 Å². The fourth-order valence-corrected chi connectivity index (χ4v) is 5.60. The molecule has 0 unspecified atom stereocenters. The van der Waals surface area contributed by atoms with Gasteiger partial charge in [0, 0.05) is 28.9 Å². The molecule has 0 aliphatic heterocycles. The Balaban J connectivity index is 1.61. The van der Waals surface area contributed by atoms with Crippen LogP contribution in [0, 0.1) is 24.4 Å². The molecular formula is C24H17F3N4O2S. The third-order valence-corrected chi connectivity index (χ3v) is 7.43. The van der Waals surface area contributed by atoms with E-state index >= 15 is 8.78 Å². The number of aryl methyl sites for hydroxylation is 1. The Bertz CT molecular complexity index is 1640. The number of fused-ring (bicyclic) bond motifs is 1. The predicted molar refractivity (Wildman–Crippen MR) is 121 cm³/mol. The van der Waals surface area contributed by atoms with Crippen LogP contribution in [-0.4, -0.2) is 28.6 Å². The molecule has 5 aromatic rings. The highest BCUT2D eigenvalue weighted by Crippen LogP contribution is 2.36. The van der Waals surface area contributed by atoms with E-state index in [1.165, 1.54) is 24.4 Å². The average molecular weight is 482 g/mol. The molecule has 2 heterocycles. The molecule has 3 aromatic carbocycles. The van der Waals surface area contributed by atoms with Gasteiger partial charge in [0.15, 0.2) is 21.5 Å². The molecule has 10 heteroatoms. The van der Waals surface area contributed by atoms with Crippen LogP contribution in [-0.2, 0) is 15.6 Å². The van der Waals surface area contributed by atoms with Gasteiger partial charge < -0.3 is 4.98 Å². The number of rotatable bonds is 5. The highest BCUT2D eigenvalue weighted by molar-refractivity contribution is 7.90. The molecular weight excluding hydrogens is 465 g/mol. The Morgan fingerprint density at radius 1 is 0.971 bits per heavy atom. The maximum absolute atomic E-state index is 15.5. The molecule has 0 spiro atoms. The lowest BCUT2D eigenvalue weighted by molar-refractivity contribution is 0.570. The fourth-order valence-electron chi connectivity index (χ4n) is 3.97. The molecule has 0 aliphatic rings. The van der Waals surface area contributed by atoms with Crippen LogP contribution in [0.15, 0.2) is 65.8 Å². The second-order valence-corrected chi connectivity index (χ2v) is 9.74. The third kappa shape index (κ3) is 3.56. The van der Waals surface area contributed by atoms with Crippen LogP contribution < -0.4 is 0 Å². The summed E-state index contributed by atoms with van der Waals surface area (Å²) in [4.78, 5) is 7.03. The molecule has 0 fully saturated rings. The van der Waals surface area contributed by atoms with Crippen LogP contribution in [0.5, 0.6) is 0 Å². The van der Waals surface area contributed by atoms with Crippen LogP contribution in [0.4, 0.5) is 13.2 Å². The first-order valence-electron chi connectivity index (χ1n) is 10.2. The summed E-state index contributed by atoms with van der Waals surface area (Å²) in [7, 11) is -3.93. The van der Waals surface area contributed by atoms with Gasteiger partial charge in [0.2, 0.25) is 0 Å². The second-order valence-electron chi connectivity index (χ2n) is 7.78. The minimum absolute atomic E-state index is 0.0508. The zero-order valence-electron chi connectivity index (χ0n) is 17.7. The Morgan fingerprint density at radius 3 is 2.50 bits per heavy atom. The van der Waals surface area contributed by atoms with E-state index in [9.17, 15) is 12.8 Å². The molecule has 5 rings (SSSR count). The number of nitrogens with one attached hydrogen (secondary N) is 2. The van der Waals surface area contributed by atoms with Gasteiger partial charge in [-0.15, -0.1) is 0 Å². The zero-order chi connectivity index (χ0) is 24.0. The summed E-state index contributed by atoms with van der Waals surface area (Å²) in [5.74, 6) is -3.38. The summed E-state index contributed by atoms with van der Waals surface area (Å²) >= 11 is 0. The number of hydrogen-bond acceptors (Lipinski definition) is 4. The van der Waals surface area contributed by atoms with Gasteiger partial charge in [-0.05, 0) is 30.7 Å². The minimum Gasteiger partial charge on any atom is -0.343 e. The van der Waals surface area contributed by atoms with Crippen LogP contribution in [0.1, 0.15) is 11.1 Å². The van der Waals surface area contributed by atoms with E-state index in [1.807, 2.05) is 0 Å². The van der Waals surface area contributed by atoms with Crippen molar-refractivity contribution in [1.29, 1.82) is 0 Å². The number of halogens is 3. The van der Waals surface area contributed by atoms with E-state index in [2.05, 4.69) is 20.2 Å². The van der Waals surface area contributed by atoms with Crippen molar-refractivity contribution in [1.82, 2.24) is 20.2 Å². The molecule has 0 aliphatic carbocycles. The summed E-state index contributed by atoms with van der Waals surface area (Å²) in [6, 6.07) is 11.0. The number of H-pyrrole nitrogens is 2. The number of hydrogen-bond donors (Lipinski definition) is 2. The van der Waals surface area contributed by atoms with Gasteiger partial charge >= 0.3 is 0 Å². The van der Waals surface area contributed by atoms with E-state index in [0.29, 0.717) is 22.5 Å². The van der Waals surface area contributed by atoms with Gasteiger partial charge in [-0.1, -0.05) is 30.3 Å². The van der Waals surface area contributed by atoms with Gasteiger partial charge in [-0.3, -0.25) is 5.10 Å². The van der Waals surface area contributed by atoms with Crippen molar-refractivity contribution < 1.29 is 21.6 Å². The molecule has 6 nitrogen and oxygen atoms in total. The number of benzene rings is 3. The maximum atomic E-state index is 15.5. The Kier molecular flexibility index (Phi) is 5.24. The predicted octanol–water partition coefficient (Wildman–Crippen LogP) is 5.32. The molecule has 0 atom stereocenters. The number of sulfone groups is 1. The molecule has 0 amide bonds. The first-order chi connectivity index (χ1) is 16.3. The van der Waals surface area contributed by atoms with Gasteiger partial charge in [0.05, 0.1) is 16.2 Å². The lowest BCUT2D eigenvalue weighted by atomic mass is 9.99. The number of nitrogens with zero attached hydrogens (tertiary/aromatic N) is 2. The van der Waals surface area contributed by atoms with Gasteiger partial charge in [-0.25, -0.2) is 26.6 Å². The highest BCUT2D eigenvalue weighted by Gasteiger charge is 2.25. The van der Waals surface area contributed by atoms with E-state index in [0.717, 1.165) is 12.1 Å². The standard InChI is InChI=1S/C24H17F3N4O2S/c1-13-4-2-3-5-18(13)34(32,33)12-14-6-9-17(25)19(20(14)26)15-7-8-16-22(21(15)27)30-31-23(16)24-28-10-11-29-24/h2-11H,12H2,1H3,(H,28,29)(H,30,31). The summed E-state index contributed by atoms with van der Waals surface area (Å²) in [5.41, 5.74) is -0.482. The van der Waals surface area contributed by atoms with E-state index < -0.39 is 38.6 Å². The largest absolute Gasteiger partial charge is 0.343 e. The summed E-state index contributed by atoms with van der Waals surface area (Å²) in [6.07, 6.45) is 3.11. The van der Waals surface area contributed by atoms with Gasteiger partial charge in [0.25, 0.3) is 0 Å². The zero-order valence-corrected chi connectivity index (χ0v) is 18.6. The highest BCUT2D eigenvalue weighted by atomic mass is 32.2. The average Bonchev–Trinajstić information content (AvgIpc) is 3.47. The second kappa shape index (κ2) is 8.14. The topological polar surface area (TPSA) is 91.5 Å². The summed E-state index contributed by atoms with van der Waals surface area (Å²) in [5, 5.41) is 7.00. The third-order valence-electron chi connectivity index (χ3n) is 5.61. The van der Waals surface area contributed by atoms with Crippen molar-refractivity contribution in [2.75, 3.05) is 0 Å². The van der Waals surface area contributed by atoms with E-state index in [1.54, 1.807) is 31.3 Å². The lowest BCUT2D eigenvalue weighted by Gasteiger charge is -2.12. The first-order valence-corrected chi connectivity index (χ1v) is 11.8. The van der Waals surface area contributed by atoms with Crippen molar-refractivity contribution in [3.05, 3.63) is 89.5 Å². The summed E-state index contributed by atoms with van der Waals surface area (Å²) < 4.78 is 71.4. The Labute approximate surface area is 192 Å². The number of imidazole rings is 1. The van der Waals surface area contributed by atoms with Crippen LogP contribution >= 0.6 is 0 Å². The molecule has 0 radical (unpaired) electrons. The smallest absolute Gasteiger partial charge is 0.182 e. The van der Waals surface area contributed by atoms with E-state index in [4.69, 9.17) is 0 Å². The number of aromatic amines is 2. The van der Waals surface area contributed by atoms with E-state index in [-0.39, 0.29) is 21.5 Å². The fraction of sp³-hybridized carbons (Fsp3) is 0.0833. The SMILES string of the molecule is Cc1ccccc1S(=O)(=O)Cc1ccc(F)c(-c2ccc3c(-c4ncc[nH]4)[nH]nc3c2F)c1F. The van der Waals surface area contributed by atoms with Crippen molar-refractivity contribution in [3.63, 3.8) is 0 Å². The van der Waals surface area contributed by atoms with Crippen molar-refractivity contribution in [3.8, 4) is 22.6 Å². The monoisotopic (exact) mass is 482 g/mol. The van der Waals surface area contributed by atoms with Crippen molar-refractivity contribution >= 4 is 20.7 Å². The number of aromatic nitrogens is 4. The molecule has 2 N–H and O–H groups in total. The van der Waals surface area contributed by atoms with Gasteiger partial charge in [0.1, 0.15) is 22.8 Å². The molecule has 0 saturated heterocycles. The maximum Gasteiger partial charge on any atom is 0.182 e. The molecule has 172 valence electrons. The molecule has 34 heavy (non-hydrogen) atoms. The van der Waals surface area contributed by atoms with Crippen molar-refractivity contribution in [2.24, 2.45) is 0 Å². The summed E-state index contributed by atoms with van der Waals surface area (Å²) in [6.45, 7) is 1.63. The first kappa shape index (κ1) is 21.9. The Morgan fingerprint density at radius 2 is 1.76 bits per heavy atom. The molecule has 0 bridgehead atoms. The molecule has 0 saturated carbocycles. The quantitative estimate of drug-likeness (QED) is 0.355. The normalized spacial score (nSPS) is 11.9. The Hall–Kier alpha value is -3.92. The molecule has 2 aromatic heterocycles. The van der Waals surface area contributed by atoms with Crippen LogP contribution in [0.25, 0.3) is 33.5 Å². The van der Waals surface area contributed by atoms with Crippen molar-refractivity contribution in [2.45, 2.75) is 17.6 Å². The lowest BCUT2D eigenvalue weighted by Crippen LogP contribution is -2.09. The van der Waals surface area contributed by atoms with Crippen LogP contribution in [0.3, 0.4) is 0 Å².